The van der Waals surface area contributed by atoms with E-state index in [0.717, 1.165) is 0 Å². The van der Waals surface area contributed by atoms with E-state index in [4.69, 9.17) is 0 Å². The smallest absolute Gasteiger partial charge is 0.311 e. The molecule has 0 radical (unpaired) electrons. The summed E-state index contributed by atoms with van der Waals surface area (Å²) in [6, 6.07) is 1.40. The van der Waals surface area contributed by atoms with Crippen LogP contribution in [0, 0.1) is 17.0 Å². The lowest BCUT2D eigenvalue weighted by atomic mass is 10.3. The number of nitrogens with zero attached hydrogens (tertiary/aromatic N) is 2. The molecule has 14 heavy (non-hydrogen) atoms. The van der Waals surface area contributed by atoms with Crippen molar-refractivity contribution >= 4 is 17.8 Å². The Morgan fingerprint density at radius 1 is 1.71 bits per heavy atom. The van der Waals surface area contributed by atoms with Crippen LogP contribution in [0.15, 0.2) is 12.3 Å². The molecule has 1 N–H and O–H groups in total. The molecule has 0 unspecified atom stereocenters. The predicted octanol–water partition coefficient (Wildman–Crippen LogP) is 0.909. The number of anilines is 1. The Labute approximate surface area is 80.1 Å². The summed E-state index contributed by atoms with van der Waals surface area (Å²) < 4.78 is 0. The number of aromatic nitrogens is 1. The van der Waals surface area contributed by atoms with Crippen LogP contribution < -0.4 is 5.32 Å². The van der Waals surface area contributed by atoms with Gasteiger partial charge in [-0.1, -0.05) is 0 Å². The average Bonchev–Trinajstić information content (AvgIpc) is 2.15. The lowest BCUT2D eigenvalue weighted by molar-refractivity contribution is -0.384. The lowest BCUT2D eigenvalue weighted by Gasteiger charge is -2.02. The van der Waals surface area contributed by atoms with E-state index in [1.807, 2.05) is 0 Å². The van der Waals surface area contributed by atoms with E-state index in [2.05, 4.69) is 10.3 Å². The second kappa shape index (κ2) is 4.31. The summed E-state index contributed by atoms with van der Waals surface area (Å²) in [5, 5.41) is 13.1. The first kappa shape index (κ1) is 10.1. The van der Waals surface area contributed by atoms with E-state index in [0.29, 0.717) is 11.8 Å². The minimum atomic E-state index is -0.535. The maximum atomic E-state index is 10.6. The van der Waals surface area contributed by atoms with Gasteiger partial charge >= 0.3 is 5.69 Å². The third kappa shape index (κ3) is 2.25. The molecule has 0 amide bonds. The van der Waals surface area contributed by atoms with Crippen molar-refractivity contribution < 1.29 is 9.72 Å². The van der Waals surface area contributed by atoms with Crippen LogP contribution in [0.1, 0.15) is 5.56 Å². The fraction of sp³-hybridized carbons (Fsp3) is 0.250. The number of carbonyl (C=O) groups is 1. The average molecular weight is 195 g/mol. The molecule has 0 atom stereocenters. The number of hydrogen-bond acceptors (Lipinski definition) is 5. The first-order chi connectivity index (χ1) is 6.65. The van der Waals surface area contributed by atoms with Crippen LogP contribution in [-0.2, 0) is 4.79 Å². The number of pyridine rings is 1. The highest BCUT2D eigenvalue weighted by Gasteiger charge is 2.14. The van der Waals surface area contributed by atoms with Gasteiger partial charge in [-0.05, 0) is 12.5 Å². The first-order valence-corrected chi connectivity index (χ1v) is 3.93. The Balaban J connectivity index is 3.01. The molecule has 1 aromatic heterocycles. The van der Waals surface area contributed by atoms with Gasteiger partial charge in [0.2, 0.25) is 5.82 Å². The quantitative estimate of drug-likeness (QED) is 0.438. The second-order valence-corrected chi connectivity index (χ2v) is 2.69. The third-order valence-electron chi connectivity index (χ3n) is 1.55. The number of hydrogen-bond donors (Lipinski definition) is 1. The number of nitro groups is 1. The molecule has 0 spiro atoms. The van der Waals surface area contributed by atoms with Crippen molar-refractivity contribution in [3.63, 3.8) is 0 Å². The molecule has 1 aromatic rings. The zero-order valence-corrected chi connectivity index (χ0v) is 7.56. The maximum absolute atomic E-state index is 10.6. The molecular weight excluding hydrogens is 186 g/mol. The van der Waals surface area contributed by atoms with E-state index < -0.39 is 4.92 Å². The predicted molar refractivity (Wildman–Crippen MR) is 50.2 cm³/mol. The van der Waals surface area contributed by atoms with Crippen LogP contribution in [0.2, 0.25) is 0 Å². The maximum Gasteiger partial charge on any atom is 0.311 e. The van der Waals surface area contributed by atoms with Crippen molar-refractivity contribution in [1.29, 1.82) is 0 Å². The summed E-state index contributed by atoms with van der Waals surface area (Å²) in [5.41, 5.74) is 0.584. The van der Waals surface area contributed by atoms with E-state index in [-0.39, 0.29) is 18.1 Å². The second-order valence-electron chi connectivity index (χ2n) is 2.69. The van der Waals surface area contributed by atoms with Gasteiger partial charge < -0.3 is 10.1 Å². The van der Waals surface area contributed by atoms with Crippen LogP contribution in [0.4, 0.5) is 11.5 Å². The summed E-state index contributed by atoms with van der Waals surface area (Å²) in [6.45, 7) is 1.72. The van der Waals surface area contributed by atoms with Crippen LogP contribution in [0.3, 0.4) is 0 Å². The van der Waals surface area contributed by atoms with Gasteiger partial charge in [0.15, 0.2) is 0 Å². The molecule has 0 saturated heterocycles. The van der Waals surface area contributed by atoms with Gasteiger partial charge in [0.25, 0.3) is 0 Å². The molecule has 0 aliphatic heterocycles. The lowest BCUT2D eigenvalue weighted by Crippen LogP contribution is -2.06. The summed E-state index contributed by atoms with van der Waals surface area (Å²) in [5.74, 6) is 0.118. The Kier molecular flexibility index (Phi) is 3.11. The largest absolute Gasteiger partial charge is 0.358 e. The number of carbonyl (C=O) groups excluding carboxylic acids is 1. The fourth-order valence-corrected chi connectivity index (χ4v) is 0.967. The van der Waals surface area contributed by atoms with Gasteiger partial charge in [-0.25, -0.2) is 4.98 Å². The summed E-state index contributed by atoms with van der Waals surface area (Å²) in [6.07, 6.45) is 2.12. The summed E-state index contributed by atoms with van der Waals surface area (Å²) >= 11 is 0. The Bertz CT molecular complexity index is 365. The van der Waals surface area contributed by atoms with Gasteiger partial charge in [-0.3, -0.25) is 10.1 Å². The van der Waals surface area contributed by atoms with Crippen LogP contribution in [0.5, 0.6) is 0 Å². The zero-order chi connectivity index (χ0) is 10.6. The molecule has 1 heterocycles. The zero-order valence-electron chi connectivity index (χ0n) is 7.56. The highest BCUT2D eigenvalue weighted by atomic mass is 16.6. The molecule has 0 aliphatic rings. The van der Waals surface area contributed by atoms with Crippen molar-refractivity contribution in [2.45, 2.75) is 6.92 Å². The standard InChI is InChI=1S/C8H9N3O3/c1-6-4-7(11(13)14)8(10-5-6)9-2-3-12/h3-5H,2H2,1H3,(H,9,10). The normalized spacial score (nSPS) is 9.50. The number of nitrogens with one attached hydrogen (secondary N) is 1. The molecule has 0 fully saturated rings. The van der Waals surface area contributed by atoms with E-state index in [9.17, 15) is 14.9 Å². The highest BCUT2D eigenvalue weighted by Crippen LogP contribution is 2.21. The summed E-state index contributed by atoms with van der Waals surface area (Å²) in [7, 11) is 0. The monoisotopic (exact) mass is 195 g/mol. The molecular formula is C8H9N3O3. The summed E-state index contributed by atoms with van der Waals surface area (Å²) in [4.78, 5) is 23.9. The number of aryl methyl sites for hydroxylation is 1. The van der Waals surface area contributed by atoms with Gasteiger partial charge in [0, 0.05) is 12.3 Å². The van der Waals surface area contributed by atoms with Gasteiger partial charge in [0.05, 0.1) is 11.5 Å². The number of rotatable bonds is 4. The molecule has 0 bridgehead atoms. The molecule has 0 aromatic carbocycles. The fourth-order valence-electron chi connectivity index (χ4n) is 0.967. The van der Waals surface area contributed by atoms with Crippen LogP contribution in [-0.4, -0.2) is 22.7 Å². The van der Waals surface area contributed by atoms with E-state index >= 15 is 0 Å². The molecule has 1 rings (SSSR count). The molecule has 6 nitrogen and oxygen atoms in total. The van der Waals surface area contributed by atoms with Crippen molar-refractivity contribution in [2.24, 2.45) is 0 Å². The van der Waals surface area contributed by atoms with Gasteiger partial charge in [0.1, 0.15) is 6.29 Å². The van der Waals surface area contributed by atoms with Crippen molar-refractivity contribution in [3.8, 4) is 0 Å². The Hall–Kier alpha value is -1.98. The first-order valence-electron chi connectivity index (χ1n) is 3.93. The molecule has 6 heteroatoms. The van der Waals surface area contributed by atoms with Gasteiger partial charge in [-0.2, -0.15) is 0 Å². The van der Waals surface area contributed by atoms with E-state index in [1.54, 1.807) is 6.92 Å². The topological polar surface area (TPSA) is 85.1 Å². The van der Waals surface area contributed by atoms with Gasteiger partial charge in [-0.15, -0.1) is 0 Å². The molecule has 74 valence electrons. The van der Waals surface area contributed by atoms with Crippen LogP contribution in [0.25, 0.3) is 0 Å². The van der Waals surface area contributed by atoms with Crippen molar-refractivity contribution in [1.82, 2.24) is 4.98 Å². The minimum absolute atomic E-state index is 0.0108. The van der Waals surface area contributed by atoms with Crippen molar-refractivity contribution in [2.75, 3.05) is 11.9 Å². The van der Waals surface area contributed by atoms with E-state index in [1.165, 1.54) is 12.3 Å². The third-order valence-corrected chi connectivity index (χ3v) is 1.55. The Morgan fingerprint density at radius 2 is 2.43 bits per heavy atom. The van der Waals surface area contributed by atoms with Crippen molar-refractivity contribution in [3.05, 3.63) is 27.9 Å². The highest BCUT2D eigenvalue weighted by molar-refractivity contribution is 5.63. The SMILES string of the molecule is Cc1cnc(NCC=O)c([N+](=O)[O-])c1. The van der Waals surface area contributed by atoms with Crippen LogP contribution >= 0.6 is 0 Å². The Morgan fingerprint density at radius 3 is 3.00 bits per heavy atom. The molecule has 0 saturated carbocycles. The molecule has 0 aliphatic carbocycles. The minimum Gasteiger partial charge on any atom is -0.358 e. The number of aldehydes is 1.